The van der Waals surface area contributed by atoms with Crippen LogP contribution in [0.3, 0.4) is 0 Å². The summed E-state index contributed by atoms with van der Waals surface area (Å²) in [5.74, 6) is 1.37. The van der Waals surface area contributed by atoms with E-state index in [0.29, 0.717) is 12.5 Å². The quantitative estimate of drug-likeness (QED) is 0.850. The molecule has 0 amide bonds. The number of ether oxygens (including phenoxy) is 1. The molecule has 1 saturated heterocycles. The standard InChI is InChI=1S/C14H21NO2/c1-2-8-17-14-5-3-4-13(9-14)15-7-6-12(10-15)11-16/h3-5,9,12,16H,2,6-8,10-11H2,1H3. The van der Waals surface area contributed by atoms with Crippen LogP contribution in [-0.4, -0.2) is 31.4 Å². The van der Waals surface area contributed by atoms with E-state index in [1.807, 2.05) is 12.1 Å². The van der Waals surface area contributed by atoms with Crippen LogP contribution < -0.4 is 9.64 Å². The number of anilines is 1. The highest BCUT2D eigenvalue weighted by Gasteiger charge is 2.21. The number of hydrogen-bond acceptors (Lipinski definition) is 3. The molecular formula is C14H21NO2. The Bertz CT molecular complexity index is 354. The highest BCUT2D eigenvalue weighted by molar-refractivity contribution is 5.51. The summed E-state index contributed by atoms with van der Waals surface area (Å²) in [4.78, 5) is 2.32. The summed E-state index contributed by atoms with van der Waals surface area (Å²) in [7, 11) is 0. The maximum atomic E-state index is 9.15. The molecule has 1 aromatic rings. The number of hydrogen-bond donors (Lipinski definition) is 1. The van der Waals surface area contributed by atoms with Crippen molar-refractivity contribution in [3.8, 4) is 5.75 Å². The molecule has 1 atom stereocenters. The van der Waals surface area contributed by atoms with Crippen molar-refractivity contribution in [1.29, 1.82) is 0 Å². The van der Waals surface area contributed by atoms with Crippen LogP contribution in [0.4, 0.5) is 5.69 Å². The highest BCUT2D eigenvalue weighted by Crippen LogP contribution is 2.26. The second kappa shape index (κ2) is 5.92. The Hall–Kier alpha value is -1.22. The van der Waals surface area contributed by atoms with Gasteiger partial charge in [-0.25, -0.2) is 0 Å². The average molecular weight is 235 g/mol. The molecule has 1 aliphatic rings. The van der Waals surface area contributed by atoms with Crippen LogP contribution in [0.5, 0.6) is 5.75 Å². The first-order valence-electron chi connectivity index (χ1n) is 6.42. The van der Waals surface area contributed by atoms with Crippen molar-refractivity contribution in [2.75, 3.05) is 31.2 Å². The zero-order valence-electron chi connectivity index (χ0n) is 10.4. The summed E-state index contributed by atoms with van der Waals surface area (Å²) >= 11 is 0. The number of nitrogens with zero attached hydrogens (tertiary/aromatic N) is 1. The van der Waals surface area contributed by atoms with Crippen LogP contribution in [-0.2, 0) is 0 Å². The van der Waals surface area contributed by atoms with E-state index in [2.05, 4.69) is 24.0 Å². The molecule has 0 aromatic heterocycles. The monoisotopic (exact) mass is 235 g/mol. The Labute approximate surface area is 103 Å². The third-order valence-corrected chi connectivity index (χ3v) is 3.20. The van der Waals surface area contributed by atoms with Gasteiger partial charge in [-0.3, -0.25) is 0 Å². The van der Waals surface area contributed by atoms with Crippen LogP contribution in [0.1, 0.15) is 19.8 Å². The molecule has 0 saturated carbocycles. The minimum Gasteiger partial charge on any atom is -0.494 e. The maximum absolute atomic E-state index is 9.15. The Morgan fingerprint density at radius 2 is 2.35 bits per heavy atom. The van der Waals surface area contributed by atoms with Gasteiger partial charge in [-0.15, -0.1) is 0 Å². The first kappa shape index (κ1) is 12.2. The predicted octanol–water partition coefficient (Wildman–Crippen LogP) is 2.29. The number of aliphatic hydroxyl groups is 1. The average Bonchev–Trinajstić information content (AvgIpc) is 2.85. The lowest BCUT2D eigenvalue weighted by Crippen LogP contribution is -2.20. The fourth-order valence-electron chi connectivity index (χ4n) is 2.21. The molecule has 1 fully saturated rings. The molecule has 0 bridgehead atoms. The van der Waals surface area contributed by atoms with Gasteiger partial charge in [0.2, 0.25) is 0 Å². The van der Waals surface area contributed by atoms with E-state index in [9.17, 15) is 0 Å². The van der Waals surface area contributed by atoms with Crippen LogP contribution in [0.15, 0.2) is 24.3 Å². The molecule has 94 valence electrons. The van der Waals surface area contributed by atoms with E-state index in [0.717, 1.165) is 38.3 Å². The summed E-state index contributed by atoms with van der Waals surface area (Å²) in [5.41, 5.74) is 1.20. The molecule has 1 aliphatic heterocycles. The fraction of sp³-hybridized carbons (Fsp3) is 0.571. The molecule has 0 spiro atoms. The Morgan fingerprint density at radius 3 is 3.06 bits per heavy atom. The third-order valence-electron chi connectivity index (χ3n) is 3.20. The normalized spacial score (nSPS) is 19.6. The van der Waals surface area contributed by atoms with E-state index in [4.69, 9.17) is 9.84 Å². The molecule has 0 radical (unpaired) electrons. The minimum atomic E-state index is 0.294. The smallest absolute Gasteiger partial charge is 0.121 e. The number of aliphatic hydroxyl groups excluding tert-OH is 1. The van der Waals surface area contributed by atoms with E-state index >= 15 is 0 Å². The second-order valence-electron chi connectivity index (χ2n) is 4.63. The zero-order chi connectivity index (χ0) is 12.1. The predicted molar refractivity (Wildman–Crippen MR) is 69.6 cm³/mol. The fourth-order valence-corrected chi connectivity index (χ4v) is 2.21. The van der Waals surface area contributed by atoms with Gasteiger partial charge in [-0.2, -0.15) is 0 Å². The van der Waals surface area contributed by atoms with Crippen molar-refractivity contribution in [2.45, 2.75) is 19.8 Å². The van der Waals surface area contributed by atoms with Crippen molar-refractivity contribution in [1.82, 2.24) is 0 Å². The number of benzene rings is 1. The molecule has 1 aromatic carbocycles. The highest BCUT2D eigenvalue weighted by atomic mass is 16.5. The van der Waals surface area contributed by atoms with E-state index in [1.54, 1.807) is 0 Å². The van der Waals surface area contributed by atoms with Crippen molar-refractivity contribution in [3.63, 3.8) is 0 Å². The SMILES string of the molecule is CCCOc1cccc(N2CCC(CO)C2)c1. The van der Waals surface area contributed by atoms with Gasteiger partial charge in [0.1, 0.15) is 5.75 Å². The largest absolute Gasteiger partial charge is 0.494 e. The van der Waals surface area contributed by atoms with E-state index < -0.39 is 0 Å². The van der Waals surface area contributed by atoms with Crippen LogP contribution in [0.2, 0.25) is 0 Å². The van der Waals surface area contributed by atoms with Crippen LogP contribution in [0, 0.1) is 5.92 Å². The molecule has 2 rings (SSSR count). The lowest BCUT2D eigenvalue weighted by Gasteiger charge is -2.19. The van der Waals surface area contributed by atoms with E-state index in [-0.39, 0.29) is 0 Å². The van der Waals surface area contributed by atoms with Crippen LogP contribution >= 0.6 is 0 Å². The molecule has 1 unspecified atom stereocenters. The topological polar surface area (TPSA) is 32.7 Å². The van der Waals surface area contributed by atoms with Gasteiger partial charge in [-0.05, 0) is 25.0 Å². The van der Waals surface area contributed by atoms with Gasteiger partial charge >= 0.3 is 0 Å². The lowest BCUT2D eigenvalue weighted by molar-refractivity contribution is 0.238. The summed E-state index contributed by atoms with van der Waals surface area (Å²) in [5, 5.41) is 9.15. The zero-order valence-corrected chi connectivity index (χ0v) is 10.4. The molecule has 0 aliphatic carbocycles. The minimum absolute atomic E-state index is 0.294. The first-order valence-corrected chi connectivity index (χ1v) is 6.42. The summed E-state index contributed by atoms with van der Waals surface area (Å²) < 4.78 is 5.63. The van der Waals surface area contributed by atoms with Gasteiger partial charge < -0.3 is 14.7 Å². The Kier molecular flexibility index (Phi) is 4.26. The Morgan fingerprint density at radius 1 is 1.47 bits per heavy atom. The van der Waals surface area contributed by atoms with Gasteiger partial charge in [-0.1, -0.05) is 13.0 Å². The number of rotatable bonds is 5. The van der Waals surface area contributed by atoms with Crippen LogP contribution in [0.25, 0.3) is 0 Å². The van der Waals surface area contributed by atoms with Gasteiger partial charge in [0, 0.05) is 37.4 Å². The van der Waals surface area contributed by atoms with Crippen molar-refractivity contribution in [3.05, 3.63) is 24.3 Å². The van der Waals surface area contributed by atoms with Crippen molar-refractivity contribution in [2.24, 2.45) is 5.92 Å². The van der Waals surface area contributed by atoms with Crippen molar-refractivity contribution < 1.29 is 9.84 Å². The molecule has 3 heteroatoms. The first-order chi connectivity index (χ1) is 8.33. The van der Waals surface area contributed by atoms with Gasteiger partial charge in [0.15, 0.2) is 0 Å². The molecule has 1 N–H and O–H groups in total. The molecule has 3 nitrogen and oxygen atoms in total. The molecule has 17 heavy (non-hydrogen) atoms. The van der Waals surface area contributed by atoms with E-state index in [1.165, 1.54) is 5.69 Å². The third kappa shape index (κ3) is 3.13. The molecular weight excluding hydrogens is 214 g/mol. The summed E-state index contributed by atoms with van der Waals surface area (Å²) in [6.07, 6.45) is 2.11. The van der Waals surface area contributed by atoms with Crippen molar-refractivity contribution >= 4 is 5.69 Å². The Balaban J connectivity index is 2.01. The lowest BCUT2D eigenvalue weighted by atomic mass is 10.1. The maximum Gasteiger partial charge on any atom is 0.121 e. The molecule has 1 heterocycles. The van der Waals surface area contributed by atoms with Gasteiger partial charge in [0.05, 0.1) is 6.61 Å². The van der Waals surface area contributed by atoms with Gasteiger partial charge in [0.25, 0.3) is 0 Å². The summed E-state index contributed by atoms with van der Waals surface area (Å²) in [6.45, 7) is 5.15. The summed E-state index contributed by atoms with van der Waals surface area (Å²) in [6, 6.07) is 8.24. The second-order valence-corrected chi connectivity index (χ2v) is 4.63.